The van der Waals surface area contributed by atoms with Crippen LogP contribution in [0.15, 0.2) is 12.1 Å². The van der Waals surface area contributed by atoms with E-state index >= 15 is 0 Å². The zero-order chi connectivity index (χ0) is 14.7. The Labute approximate surface area is 121 Å². The molecule has 1 aromatic carbocycles. The Hall–Kier alpha value is -1.35. The predicted octanol–water partition coefficient (Wildman–Crippen LogP) is 3.23. The van der Waals surface area contributed by atoms with E-state index in [1.165, 1.54) is 12.8 Å². The molecule has 1 heterocycles. The Balaban J connectivity index is 2.11. The number of benzene rings is 1. The summed E-state index contributed by atoms with van der Waals surface area (Å²) in [6, 6.07) is 3.80. The number of ether oxygens (including phenoxy) is 1. The number of hydrogen-bond acceptors (Lipinski definition) is 3. The highest BCUT2D eigenvalue weighted by atomic mass is 16.5. The topological polar surface area (TPSA) is 29.5 Å². The first kappa shape index (κ1) is 15.0. The number of ketones is 1. The second-order valence-electron chi connectivity index (χ2n) is 5.97. The summed E-state index contributed by atoms with van der Waals surface area (Å²) in [5.41, 5.74) is 2.94. The number of Topliss-reactive ketones (excluding diaryl/α,β-unsaturated/α-hetero) is 1. The summed E-state index contributed by atoms with van der Waals surface area (Å²) in [7, 11) is 1.67. The highest BCUT2D eigenvalue weighted by Crippen LogP contribution is 2.25. The Morgan fingerprint density at radius 3 is 2.75 bits per heavy atom. The third-order valence-corrected chi connectivity index (χ3v) is 4.37. The van der Waals surface area contributed by atoms with Gasteiger partial charge in [-0.25, -0.2) is 0 Å². The van der Waals surface area contributed by atoms with Crippen LogP contribution in [0, 0.1) is 19.8 Å². The highest BCUT2D eigenvalue weighted by molar-refractivity contribution is 5.99. The van der Waals surface area contributed by atoms with Crippen LogP contribution in [0.1, 0.15) is 41.3 Å². The first-order chi connectivity index (χ1) is 9.52. The van der Waals surface area contributed by atoms with Crippen LogP contribution in [-0.4, -0.2) is 37.4 Å². The van der Waals surface area contributed by atoms with Gasteiger partial charge < -0.3 is 4.74 Å². The molecule has 0 saturated carbocycles. The van der Waals surface area contributed by atoms with Crippen LogP contribution in [0.25, 0.3) is 0 Å². The van der Waals surface area contributed by atoms with Crippen molar-refractivity contribution in [2.75, 3.05) is 26.7 Å². The Morgan fingerprint density at radius 2 is 2.10 bits per heavy atom. The van der Waals surface area contributed by atoms with Crippen LogP contribution < -0.4 is 4.74 Å². The number of rotatable bonds is 4. The minimum atomic E-state index is 0.224. The Bertz CT molecular complexity index is 496. The van der Waals surface area contributed by atoms with Crippen molar-refractivity contribution in [3.05, 3.63) is 28.8 Å². The molecule has 1 aliphatic rings. The summed E-state index contributed by atoms with van der Waals surface area (Å²) in [5, 5.41) is 0. The Morgan fingerprint density at radius 1 is 1.35 bits per heavy atom. The number of piperidine rings is 1. The van der Waals surface area contributed by atoms with Gasteiger partial charge in [-0.1, -0.05) is 6.92 Å². The van der Waals surface area contributed by atoms with E-state index in [1.807, 2.05) is 26.0 Å². The van der Waals surface area contributed by atoms with Gasteiger partial charge in [0, 0.05) is 12.1 Å². The molecular formula is C17H25NO2. The molecule has 1 fully saturated rings. The SMILES string of the molecule is COc1ccc(C(=O)CN2CCCC(C)C2)c(C)c1C. The molecule has 1 aromatic rings. The van der Waals surface area contributed by atoms with Crippen LogP contribution in [0.2, 0.25) is 0 Å². The van der Waals surface area contributed by atoms with E-state index in [1.54, 1.807) is 7.11 Å². The number of hydrogen-bond donors (Lipinski definition) is 0. The van der Waals surface area contributed by atoms with Gasteiger partial charge in [0.1, 0.15) is 5.75 Å². The molecule has 0 N–H and O–H groups in total. The van der Waals surface area contributed by atoms with Crippen molar-refractivity contribution in [3.63, 3.8) is 0 Å². The van der Waals surface area contributed by atoms with E-state index in [0.29, 0.717) is 12.5 Å². The van der Waals surface area contributed by atoms with Crippen molar-refractivity contribution in [2.24, 2.45) is 5.92 Å². The van der Waals surface area contributed by atoms with Crippen LogP contribution >= 0.6 is 0 Å². The molecule has 0 radical (unpaired) electrons. The quantitative estimate of drug-likeness (QED) is 0.790. The van der Waals surface area contributed by atoms with Gasteiger partial charge in [0.2, 0.25) is 0 Å². The van der Waals surface area contributed by atoms with Crippen LogP contribution in [0.4, 0.5) is 0 Å². The molecule has 20 heavy (non-hydrogen) atoms. The average molecular weight is 275 g/mol. The van der Waals surface area contributed by atoms with Crippen molar-refractivity contribution >= 4 is 5.78 Å². The zero-order valence-electron chi connectivity index (χ0n) is 13.0. The fraction of sp³-hybridized carbons (Fsp3) is 0.588. The summed E-state index contributed by atoms with van der Waals surface area (Å²) in [5.74, 6) is 1.78. The van der Waals surface area contributed by atoms with E-state index in [9.17, 15) is 4.79 Å². The van der Waals surface area contributed by atoms with E-state index in [4.69, 9.17) is 4.74 Å². The van der Waals surface area contributed by atoms with Gasteiger partial charge in [0.05, 0.1) is 13.7 Å². The average Bonchev–Trinajstić information content (AvgIpc) is 2.41. The molecule has 3 nitrogen and oxygen atoms in total. The number of methoxy groups -OCH3 is 1. The lowest BCUT2D eigenvalue weighted by Crippen LogP contribution is -2.38. The molecule has 1 saturated heterocycles. The molecule has 1 aliphatic heterocycles. The third kappa shape index (κ3) is 3.21. The van der Waals surface area contributed by atoms with Gasteiger partial charge in [-0.3, -0.25) is 9.69 Å². The largest absolute Gasteiger partial charge is 0.496 e. The fourth-order valence-corrected chi connectivity index (χ4v) is 3.04. The number of likely N-dealkylation sites (tertiary alicyclic amines) is 1. The van der Waals surface area contributed by atoms with Crippen molar-refractivity contribution in [2.45, 2.75) is 33.6 Å². The summed E-state index contributed by atoms with van der Waals surface area (Å²) < 4.78 is 5.30. The lowest BCUT2D eigenvalue weighted by molar-refractivity contribution is 0.0892. The monoisotopic (exact) mass is 275 g/mol. The normalized spacial score (nSPS) is 19.9. The van der Waals surface area contributed by atoms with Crippen molar-refractivity contribution < 1.29 is 9.53 Å². The molecule has 0 bridgehead atoms. The van der Waals surface area contributed by atoms with Crippen molar-refractivity contribution in [1.82, 2.24) is 4.90 Å². The van der Waals surface area contributed by atoms with E-state index in [-0.39, 0.29) is 5.78 Å². The van der Waals surface area contributed by atoms with E-state index in [2.05, 4.69) is 11.8 Å². The lowest BCUT2D eigenvalue weighted by Gasteiger charge is -2.30. The maximum atomic E-state index is 12.5. The van der Waals surface area contributed by atoms with Crippen molar-refractivity contribution in [1.29, 1.82) is 0 Å². The molecule has 1 unspecified atom stereocenters. The van der Waals surface area contributed by atoms with Gasteiger partial charge in [-0.2, -0.15) is 0 Å². The molecule has 0 spiro atoms. The first-order valence-corrected chi connectivity index (χ1v) is 7.42. The fourth-order valence-electron chi connectivity index (χ4n) is 3.04. The maximum Gasteiger partial charge on any atom is 0.177 e. The van der Waals surface area contributed by atoms with E-state index < -0.39 is 0 Å². The van der Waals surface area contributed by atoms with Gasteiger partial charge >= 0.3 is 0 Å². The summed E-state index contributed by atoms with van der Waals surface area (Å²) in [6.45, 7) is 8.90. The standard InChI is InChI=1S/C17H25NO2/c1-12-6-5-9-18(10-12)11-16(19)15-7-8-17(20-4)14(3)13(15)2/h7-8,12H,5-6,9-11H2,1-4H3. The number of carbonyl (C=O) groups is 1. The van der Waals surface area contributed by atoms with Gasteiger partial charge in [-0.05, 0) is 62.4 Å². The lowest BCUT2D eigenvalue weighted by atomic mass is 9.97. The molecular weight excluding hydrogens is 250 g/mol. The first-order valence-electron chi connectivity index (χ1n) is 7.42. The Kier molecular flexibility index (Phi) is 4.81. The smallest absolute Gasteiger partial charge is 0.177 e. The predicted molar refractivity (Wildman–Crippen MR) is 81.6 cm³/mol. The summed E-state index contributed by atoms with van der Waals surface area (Å²) in [4.78, 5) is 14.8. The van der Waals surface area contributed by atoms with Crippen LogP contribution in [-0.2, 0) is 0 Å². The minimum Gasteiger partial charge on any atom is -0.496 e. The number of carbonyl (C=O) groups excluding carboxylic acids is 1. The number of nitrogens with zero attached hydrogens (tertiary/aromatic N) is 1. The maximum absolute atomic E-state index is 12.5. The van der Waals surface area contributed by atoms with Crippen LogP contribution in [0.3, 0.4) is 0 Å². The summed E-state index contributed by atoms with van der Waals surface area (Å²) >= 11 is 0. The third-order valence-electron chi connectivity index (χ3n) is 4.37. The van der Waals surface area contributed by atoms with E-state index in [0.717, 1.165) is 35.5 Å². The van der Waals surface area contributed by atoms with Gasteiger partial charge in [0.25, 0.3) is 0 Å². The second-order valence-corrected chi connectivity index (χ2v) is 5.97. The molecule has 2 rings (SSSR count). The molecule has 0 aliphatic carbocycles. The molecule has 3 heteroatoms. The van der Waals surface area contributed by atoms with Crippen molar-refractivity contribution in [3.8, 4) is 5.75 Å². The second kappa shape index (κ2) is 6.40. The molecule has 0 aromatic heterocycles. The molecule has 0 amide bonds. The van der Waals surface area contributed by atoms with Crippen LogP contribution in [0.5, 0.6) is 5.75 Å². The highest BCUT2D eigenvalue weighted by Gasteiger charge is 2.20. The van der Waals surface area contributed by atoms with Gasteiger partial charge in [0.15, 0.2) is 5.78 Å². The molecule has 1 atom stereocenters. The molecule has 110 valence electrons. The van der Waals surface area contributed by atoms with Gasteiger partial charge in [-0.15, -0.1) is 0 Å². The minimum absolute atomic E-state index is 0.224. The zero-order valence-corrected chi connectivity index (χ0v) is 13.0. The summed E-state index contributed by atoms with van der Waals surface area (Å²) in [6.07, 6.45) is 2.49.